The molecule has 5 heteroatoms. The molecule has 5 nitrogen and oxygen atoms in total. The van der Waals surface area contributed by atoms with E-state index >= 15 is 0 Å². The van der Waals surface area contributed by atoms with Gasteiger partial charge in [-0.15, -0.1) is 0 Å². The minimum Gasteiger partial charge on any atom is -0.368 e. The summed E-state index contributed by atoms with van der Waals surface area (Å²) < 4.78 is 1.90. The van der Waals surface area contributed by atoms with Crippen LogP contribution in [0.3, 0.4) is 0 Å². The maximum atomic E-state index is 11.4. The van der Waals surface area contributed by atoms with Crippen LogP contribution < -0.4 is 11.1 Å². The molecule has 0 bridgehead atoms. The summed E-state index contributed by atoms with van der Waals surface area (Å²) >= 11 is 0. The first kappa shape index (κ1) is 14.7. The molecular formula is C13H24N4O. The van der Waals surface area contributed by atoms with E-state index in [0.717, 1.165) is 37.2 Å². The van der Waals surface area contributed by atoms with Crippen LogP contribution in [0.1, 0.15) is 38.6 Å². The fourth-order valence-electron chi connectivity index (χ4n) is 1.88. The molecule has 1 unspecified atom stereocenters. The molecule has 0 saturated heterocycles. The van der Waals surface area contributed by atoms with E-state index < -0.39 is 0 Å². The Kier molecular flexibility index (Phi) is 5.85. The Labute approximate surface area is 109 Å². The van der Waals surface area contributed by atoms with Crippen LogP contribution in [0.2, 0.25) is 0 Å². The molecule has 0 radical (unpaired) electrons. The van der Waals surface area contributed by atoms with E-state index in [2.05, 4.69) is 37.3 Å². The van der Waals surface area contributed by atoms with Crippen LogP contribution in [0, 0.1) is 0 Å². The molecule has 102 valence electrons. The van der Waals surface area contributed by atoms with Crippen molar-refractivity contribution >= 4 is 5.91 Å². The number of primary amides is 1. The lowest BCUT2D eigenvalue weighted by molar-refractivity contribution is -0.120. The van der Waals surface area contributed by atoms with Crippen molar-refractivity contribution in [2.24, 2.45) is 5.73 Å². The summed E-state index contributed by atoms with van der Waals surface area (Å²) in [5.74, 6) is -0.320. The zero-order valence-electron chi connectivity index (χ0n) is 11.6. The topological polar surface area (TPSA) is 72.9 Å². The summed E-state index contributed by atoms with van der Waals surface area (Å²) in [5, 5.41) is 7.66. The first-order chi connectivity index (χ1) is 8.62. The molecule has 0 aliphatic heterocycles. The number of aromatic nitrogens is 2. The molecule has 0 aliphatic carbocycles. The van der Waals surface area contributed by atoms with Crippen LogP contribution in [-0.2, 0) is 24.2 Å². The van der Waals surface area contributed by atoms with Gasteiger partial charge < -0.3 is 11.1 Å². The fraction of sp³-hybridized carbons (Fsp3) is 0.692. The maximum Gasteiger partial charge on any atom is 0.236 e. The minimum atomic E-state index is -0.347. The standard InChI is InChI=1S/C13H24N4O/c1-4-7-15-12(13(14)18)9-17-11(6-3)8-10(5-2)16-17/h8,12,15H,4-7,9H2,1-3H3,(H2,14,18). The van der Waals surface area contributed by atoms with Crippen LogP contribution in [0.25, 0.3) is 0 Å². The zero-order valence-corrected chi connectivity index (χ0v) is 11.6. The second-order valence-corrected chi connectivity index (χ2v) is 4.43. The lowest BCUT2D eigenvalue weighted by Gasteiger charge is -2.16. The molecule has 1 aromatic heterocycles. The van der Waals surface area contributed by atoms with Gasteiger partial charge in [0.1, 0.15) is 6.04 Å². The highest BCUT2D eigenvalue weighted by molar-refractivity contribution is 5.79. The third kappa shape index (κ3) is 3.84. The third-order valence-corrected chi connectivity index (χ3v) is 2.98. The summed E-state index contributed by atoms with van der Waals surface area (Å²) in [7, 11) is 0. The summed E-state index contributed by atoms with van der Waals surface area (Å²) in [6.45, 7) is 7.53. The van der Waals surface area contributed by atoms with Crippen LogP contribution in [0.5, 0.6) is 0 Å². The van der Waals surface area contributed by atoms with Gasteiger partial charge in [-0.2, -0.15) is 5.10 Å². The molecule has 1 atom stereocenters. The molecule has 1 aromatic rings. The Hall–Kier alpha value is -1.36. The van der Waals surface area contributed by atoms with E-state index in [1.54, 1.807) is 0 Å². The molecule has 1 amide bonds. The number of nitrogens with zero attached hydrogens (tertiary/aromatic N) is 2. The number of amides is 1. The van der Waals surface area contributed by atoms with Gasteiger partial charge in [-0.25, -0.2) is 0 Å². The van der Waals surface area contributed by atoms with Gasteiger partial charge in [0.05, 0.1) is 12.2 Å². The molecule has 1 rings (SSSR count). The summed E-state index contributed by atoms with van der Waals surface area (Å²) in [5.41, 5.74) is 7.62. The number of hydrogen-bond acceptors (Lipinski definition) is 3. The van der Waals surface area contributed by atoms with Crippen LogP contribution >= 0.6 is 0 Å². The van der Waals surface area contributed by atoms with Crippen LogP contribution in [0.15, 0.2) is 6.07 Å². The molecule has 18 heavy (non-hydrogen) atoms. The van der Waals surface area contributed by atoms with Gasteiger partial charge in [0, 0.05) is 5.69 Å². The number of nitrogens with two attached hydrogens (primary N) is 1. The van der Waals surface area contributed by atoms with Crippen molar-refractivity contribution in [1.29, 1.82) is 0 Å². The Morgan fingerprint density at radius 2 is 2.17 bits per heavy atom. The van der Waals surface area contributed by atoms with Gasteiger partial charge in [0.2, 0.25) is 5.91 Å². The number of hydrogen-bond donors (Lipinski definition) is 2. The highest BCUT2D eigenvalue weighted by Crippen LogP contribution is 2.07. The summed E-state index contributed by atoms with van der Waals surface area (Å²) in [4.78, 5) is 11.4. The highest BCUT2D eigenvalue weighted by atomic mass is 16.1. The van der Waals surface area contributed by atoms with Crippen LogP contribution in [-0.4, -0.2) is 28.3 Å². The van der Waals surface area contributed by atoms with Gasteiger partial charge in [-0.3, -0.25) is 9.48 Å². The average Bonchev–Trinajstić information content (AvgIpc) is 2.76. The Morgan fingerprint density at radius 1 is 1.44 bits per heavy atom. The Bertz CT molecular complexity index is 386. The second-order valence-electron chi connectivity index (χ2n) is 4.43. The van der Waals surface area contributed by atoms with Gasteiger partial charge in [0.15, 0.2) is 0 Å². The van der Waals surface area contributed by atoms with Gasteiger partial charge in [-0.1, -0.05) is 20.8 Å². The van der Waals surface area contributed by atoms with Gasteiger partial charge >= 0.3 is 0 Å². The molecular weight excluding hydrogens is 228 g/mol. The van der Waals surface area contributed by atoms with E-state index in [1.807, 2.05) is 4.68 Å². The number of aryl methyl sites for hydroxylation is 2. The average molecular weight is 252 g/mol. The molecule has 1 heterocycles. The maximum absolute atomic E-state index is 11.4. The first-order valence-corrected chi connectivity index (χ1v) is 6.70. The number of carbonyl (C=O) groups excluding carboxylic acids is 1. The predicted molar refractivity (Wildman–Crippen MR) is 72.3 cm³/mol. The minimum absolute atomic E-state index is 0.320. The molecule has 0 spiro atoms. The first-order valence-electron chi connectivity index (χ1n) is 6.70. The SMILES string of the molecule is CCCNC(Cn1nc(CC)cc1CC)C(N)=O. The van der Waals surface area contributed by atoms with Gasteiger partial charge in [-0.05, 0) is 31.9 Å². The van der Waals surface area contributed by atoms with E-state index in [-0.39, 0.29) is 11.9 Å². The lowest BCUT2D eigenvalue weighted by atomic mass is 10.2. The highest BCUT2D eigenvalue weighted by Gasteiger charge is 2.17. The van der Waals surface area contributed by atoms with E-state index in [0.29, 0.717) is 6.54 Å². The Morgan fingerprint density at radius 3 is 2.67 bits per heavy atom. The lowest BCUT2D eigenvalue weighted by Crippen LogP contribution is -2.45. The van der Waals surface area contributed by atoms with E-state index in [9.17, 15) is 4.79 Å². The molecule has 0 aromatic carbocycles. The Balaban J connectivity index is 2.78. The van der Waals surface area contributed by atoms with Gasteiger partial charge in [0.25, 0.3) is 0 Å². The van der Waals surface area contributed by atoms with Crippen molar-refractivity contribution in [3.63, 3.8) is 0 Å². The number of carbonyl (C=O) groups is 1. The van der Waals surface area contributed by atoms with Crippen molar-refractivity contribution in [2.75, 3.05) is 6.54 Å². The smallest absolute Gasteiger partial charge is 0.236 e. The normalized spacial score (nSPS) is 12.6. The monoisotopic (exact) mass is 252 g/mol. The van der Waals surface area contributed by atoms with E-state index in [4.69, 9.17) is 5.73 Å². The number of nitrogens with one attached hydrogen (secondary N) is 1. The molecule has 0 saturated carbocycles. The molecule has 0 aliphatic rings. The number of rotatable bonds is 8. The quantitative estimate of drug-likeness (QED) is 0.721. The van der Waals surface area contributed by atoms with Crippen molar-refractivity contribution in [1.82, 2.24) is 15.1 Å². The fourth-order valence-corrected chi connectivity index (χ4v) is 1.88. The van der Waals surface area contributed by atoms with Crippen molar-refractivity contribution < 1.29 is 4.79 Å². The largest absolute Gasteiger partial charge is 0.368 e. The van der Waals surface area contributed by atoms with Crippen molar-refractivity contribution in [3.05, 3.63) is 17.5 Å². The molecule has 0 fully saturated rings. The summed E-state index contributed by atoms with van der Waals surface area (Å²) in [6.07, 6.45) is 2.79. The summed E-state index contributed by atoms with van der Waals surface area (Å²) in [6, 6.07) is 1.75. The molecule has 3 N–H and O–H groups in total. The van der Waals surface area contributed by atoms with E-state index in [1.165, 1.54) is 0 Å². The van der Waals surface area contributed by atoms with Crippen molar-refractivity contribution in [2.45, 2.75) is 52.6 Å². The zero-order chi connectivity index (χ0) is 13.5. The van der Waals surface area contributed by atoms with Crippen molar-refractivity contribution in [3.8, 4) is 0 Å². The third-order valence-electron chi connectivity index (χ3n) is 2.98. The van der Waals surface area contributed by atoms with Crippen LogP contribution in [0.4, 0.5) is 0 Å². The second kappa shape index (κ2) is 7.16. The predicted octanol–water partition coefficient (Wildman–Crippen LogP) is 0.861.